The van der Waals surface area contributed by atoms with Gasteiger partial charge in [0.1, 0.15) is 0 Å². The Bertz CT molecular complexity index is 2100. The number of hydrogen-bond donors (Lipinski definition) is 1. The molecule has 0 atom stereocenters. The van der Waals surface area contributed by atoms with Crippen LogP contribution in [-0.2, 0) is 0 Å². The fourth-order valence-electron chi connectivity index (χ4n) is 5.57. The molecule has 0 radical (unpaired) electrons. The van der Waals surface area contributed by atoms with Crippen LogP contribution in [0.25, 0.3) is 72.7 Å². The Labute approximate surface area is 230 Å². The molecule has 0 bridgehead atoms. The second-order valence-electron chi connectivity index (χ2n) is 9.84. The normalized spacial score (nSPS) is 11.5. The molecule has 5 nitrogen and oxygen atoms in total. The van der Waals surface area contributed by atoms with E-state index in [0.29, 0.717) is 17.5 Å². The molecule has 40 heavy (non-hydrogen) atoms. The van der Waals surface area contributed by atoms with Crippen molar-refractivity contribution in [2.45, 2.75) is 0 Å². The van der Waals surface area contributed by atoms with Crippen molar-refractivity contribution in [1.29, 1.82) is 0 Å². The standard InChI is InChI=1S/C35H23N5/c1-3-12-23(13-4-1)33-37-34(24-14-5-2-6-15-24)39-35(38-33)26-17-11-16-25(22-26)32-31-30(29-20-9-10-21-40(29)32)27-18-7-8-19-28(27)36-31/h1-22,36H. The van der Waals surface area contributed by atoms with Gasteiger partial charge in [-0.05, 0) is 24.3 Å². The highest BCUT2D eigenvalue weighted by Crippen LogP contribution is 2.39. The average molecular weight is 514 g/mol. The van der Waals surface area contributed by atoms with Crippen LogP contribution in [0.3, 0.4) is 0 Å². The molecule has 4 aromatic carbocycles. The van der Waals surface area contributed by atoms with Gasteiger partial charge in [-0.15, -0.1) is 0 Å². The minimum Gasteiger partial charge on any atom is -0.353 e. The molecule has 0 aliphatic rings. The van der Waals surface area contributed by atoms with E-state index in [4.69, 9.17) is 15.0 Å². The average Bonchev–Trinajstić information content (AvgIpc) is 3.56. The molecule has 4 aromatic heterocycles. The number of pyridine rings is 1. The molecule has 8 rings (SSSR count). The van der Waals surface area contributed by atoms with Gasteiger partial charge in [-0.25, -0.2) is 15.0 Å². The quantitative estimate of drug-likeness (QED) is 0.257. The summed E-state index contributed by atoms with van der Waals surface area (Å²) in [6.45, 7) is 0. The lowest BCUT2D eigenvalue weighted by atomic mass is 10.1. The van der Waals surface area contributed by atoms with Gasteiger partial charge in [-0.1, -0.05) is 103 Å². The Morgan fingerprint density at radius 1 is 0.500 bits per heavy atom. The van der Waals surface area contributed by atoms with Crippen LogP contribution in [0.5, 0.6) is 0 Å². The fraction of sp³-hybridized carbons (Fsp3) is 0. The van der Waals surface area contributed by atoms with E-state index in [0.717, 1.165) is 39.0 Å². The molecule has 5 heteroatoms. The first-order chi connectivity index (χ1) is 19.8. The number of aromatic nitrogens is 5. The molecular weight excluding hydrogens is 490 g/mol. The zero-order valence-corrected chi connectivity index (χ0v) is 21.5. The lowest BCUT2D eigenvalue weighted by molar-refractivity contribution is 1.07. The second-order valence-corrected chi connectivity index (χ2v) is 9.84. The van der Waals surface area contributed by atoms with Crippen molar-refractivity contribution in [2.75, 3.05) is 0 Å². The number of para-hydroxylation sites is 1. The number of benzene rings is 4. The monoisotopic (exact) mass is 513 g/mol. The van der Waals surface area contributed by atoms with Crippen LogP contribution in [0.2, 0.25) is 0 Å². The number of fused-ring (bicyclic) bond motifs is 5. The minimum atomic E-state index is 0.642. The van der Waals surface area contributed by atoms with Crippen LogP contribution in [0.15, 0.2) is 134 Å². The van der Waals surface area contributed by atoms with E-state index in [9.17, 15) is 0 Å². The lowest BCUT2D eigenvalue weighted by Crippen LogP contribution is -2.00. The molecule has 1 N–H and O–H groups in total. The maximum Gasteiger partial charge on any atom is 0.164 e. The third kappa shape index (κ3) is 3.60. The van der Waals surface area contributed by atoms with Gasteiger partial charge in [-0.3, -0.25) is 0 Å². The predicted octanol–water partition coefficient (Wildman–Crippen LogP) is 8.43. The number of nitrogens with one attached hydrogen (secondary N) is 1. The Morgan fingerprint density at radius 3 is 1.80 bits per heavy atom. The van der Waals surface area contributed by atoms with Crippen molar-refractivity contribution < 1.29 is 0 Å². The van der Waals surface area contributed by atoms with Gasteiger partial charge < -0.3 is 9.38 Å². The third-order valence-corrected chi connectivity index (χ3v) is 7.39. The van der Waals surface area contributed by atoms with Gasteiger partial charge >= 0.3 is 0 Å². The van der Waals surface area contributed by atoms with E-state index in [2.05, 4.69) is 82.3 Å². The summed E-state index contributed by atoms with van der Waals surface area (Å²) in [6, 6.07) is 43.5. The summed E-state index contributed by atoms with van der Waals surface area (Å²) >= 11 is 0. The third-order valence-electron chi connectivity index (χ3n) is 7.39. The van der Waals surface area contributed by atoms with E-state index >= 15 is 0 Å². The molecule has 4 heterocycles. The summed E-state index contributed by atoms with van der Waals surface area (Å²) < 4.78 is 2.27. The topological polar surface area (TPSA) is 58.9 Å². The maximum absolute atomic E-state index is 4.94. The predicted molar refractivity (Wildman–Crippen MR) is 162 cm³/mol. The van der Waals surface area contributed by atoms with Crippen molar-refractivity contribution in [3.8, 4) is 45.4 Å². The number of hydrogen-bond acceptors (Lipinski definition) is 3. The SMILES string of the molecule is c1ccc(-c2nc(-c3ccccc3)nc(-c3cccc(-c4c5[nH]c6ccccc6c5c5ccccn45)c3)n2)cc1. The van der Waals surface area contributed by atoms with Gasteiger partial charge in [0.15, 0.2) is 17.5 Å². The van der Waals surface area contributed by atoms with E-state index in [1.54, 1.807) is 0 Å². The van der Waals surface area contributed by atoms with Crippen LogP contribution in [0.1, 0.15) is 0 Å². The maximum atomic E-state index is 4.94. The highest BCUT2D eigenvalue weighted by Gasteiger charge is 2.19. The largest absolute Gasteiger partial charge is 0.353 e. The zero-order valence-electron chi connectivity index (χ0n) is 21.5. The van der Waals surface area contributed by atoms with Crippen molar-refractivity contribution in [2.24, 2.45) is 0 Å². The smallest absolute Gasteiger partial charge is 0.164 e. The first-order valence-electron chi connectivity index (χ1n) is 13.3. The molecular formula is C35H23N5. The molecule has 0 aliphatic carbocycles. The molecule has 0 unspecified atom stereocenters. The van der Waals surface area contributed by atoms with Crippen LogP contribution < -0.4 is 0 Å². The summed E-state index contributed by atoms with van der Waals surface area (Å²) in [5, 5.41) is 2.45. The van der Waals surface area contributed by atoms with E-state index in [-0.39, 0.29) is 0 Å². The van der Waals surface area contributed by atoms with E-state index in [1.165, 1.54) is 16.3 Å². The Hall–Kier alpha value is -5.55. The first kappa shape index (κ1) is 22.4. The zero-order chi connectivity index (χ0) is 26.5. The van der Waals surface area contributed by atoms with Gasteiger partial charge in [0.2, 0.25) is 0 Å². The summed E-state index contributed by atoms with van der Waals surface area (Å²) in [7, 11) is 0. The highest BCUT2D eigenvalue weighted by atomic mass is 15.0. The molecule has 0 saturated heterocycles. The molecule has 0 saturated carbocycles. The molecule has 0 fully saturated rings. The number of nitrogens with zero attached hydrogens (tertiary/aromatic N) is 4. The van der Waals surface area contributed by atoms with Gasteiger partial charge in [-0.2, -0.15) is 0 Å². The molecule has 8 aromatic rings. The summed E-state index contributed by atoms with van der Waals surface area (Å²) in [4.78, 5) is 18.4. The van der Waals surface area contributed by atoms with Crippen LogP contribution >= 0.6 is 0 Å². The van der Waals surface area contributed by atoms with Gasteiger partial charge in [0, 0.05) is 44.7 Å². The van der Waals surface area contributed by atoms with Crippen LogP contribution in [0, 0.1) is 0 Å². The Balaban J connectivity index is 1.35. The molecule has 0 spiro atoms. The van der Waals surface area contributed by atoms with Crippen LogP contribution in [-0.4, -0.2) is 24.3 Å². The minimum absolute atomic E-state index is 0.642. The van der Waals surface area contributed by atoms with Crippen molar-refractivity contribution in [3.63, 3.8) is 0 Å². The Kier molecular flexibility index (Phi) is 5.07. The lowest BCUT2D eigenvalue weighted by Gasteiger charge is -2.10. The summed E-state index contributed by atoms with van der Waals surface area (Å²) in [6.07, 6.45) is 2.13. The van der Waals surface area contributed by atoms with Crippen molar-refractivity contribution in [1.82, 2.24) is 24.3 Å². The molecule has 188 valence electrons. The van der Waals surface area contributed by atoms with E-state index < -0.39 is 0 Å². The number of rotatable bonds is 4. The first-order valence-corrected chi connectivity index (χ1v) is 13.3. The van der Waals surface area contributed by atoms with E-state index in [1.807, 2.05) is 60.7 Å². The van der Waals surface area contributed by atoms with Crippen LogP contribution in [0.4, 0.5) is 0 Å². The van der Waals surface area contributed by atoms with Gasteiger partial charge in [0.25, 0.3) is 0 Å². The second kappa shape index (κ2) is 9.03. The van der Waals surface area contributed by atoms with Crippen molar-refractivity contribution >= 4 is 27.3 Å². The molecule has 0 amide bonds. The summed E-state index contributed by atoms with van der Waals surface area (Å²) in [5.74, 6) is 1.95. The number of aromatic amines is 1. The molecule has 0 aliphatic heterocycles. The van der Waals surface area contributed by atoms with Gasteiger partial charge in [0.05, 0.1) is 16.7 Å². The fourth-order valence-corrected chi connectivity index (χ4v) is 5.57. The highest BCUT2D eigenvalue weighted by molar-refractivity contribution is 6.19. The van der Waals surface area contributed by atoms with Crippen molar-refractivity contribution in [3.05, 3.63) is 134 Å². The summed E-state index contributed by atoms with van der Waals surface area (Å²) in [5.41, 5.74) is 8.47. The Morgan fingerprint density at radius 2 is 1.07 bits per heavy atom. The number of H-pyrrole nitrogens is 1.